The zero-order chi connectivity index (χ0) is 33.3. The highest BCUT2D eigenvalue weighted by atomic mass is 16.6. The van der Waals surface area contributed by atoms with E-state index in [9.17, 15) is 19.2 Å². The predicted molar refractivity (Wildman–Crippen MR) is 180 cm³/mol. The first-order chi connectivity index (χ1) is 23.9. The number of benzene rings is 4. The summed E-state index contributed by atoms with van der Waals surface area (Å²) in [5, 5.41) is 0. The van der Waals surface area contributed by atoms with Gasteiger partial charge in [0.05, 0.1) is 35.9 Å². The Morgan fingerprint density at radius 1 is 0.510 bits per heavy atom. The molecular formula is C42H36O7. The zero-order valence-corrected chi connectivity index (χ0v) is 27.0. The first-order valence-electron chi connectivity index (χ1n) is 17.4. The summed E-state index contributed by atoms with van der Waals surface area (Å²) in [6.07, 6.45) is 3.67. The van der Waals surface area contributed by atoms with Crippen LogP contribution in [0.25, 0.3) is 11.1 Å². The van der Waals surface area contributed by atoms with Crippen molar-refractivity contribution >= 4 is 23.5 Å². The van der Waals surface area contributed by atoms with Crippen molar-refractivity contribution in [1.29, 1.82) is 0 Å². The topological polar surface area (TPSA) is 96.0 Å². The lowest BCUT2D eigenvalue weighted by Crippen LogP contribution is -2.33. The van der Waals surface area contributed by atoms with Gasteiger partial charge in [0.1, 0.15) is 23.1 Å². The summed E-state index contributed by atoms with van der Waals surface area (Å²) in [4.78, 5) is 48.9. The van der Waals surface area contributed by atoms with Crippen molar-refractivity contribution in [3.05, 3.63) is 119 Å². The van der Waals surface area contributed by atoms with Crippen molar-refractivity contribution in [2.75, 3.05) is 0 Å². The second-order valence-corrected chi connectivity index (χ2v) is 14.3. The normalized spacial score (nSPS) is 27.9. The van der Waals surface area contributed by atoms with Crippen molar-refractivity contribution < 1.29 is 33.4 Å². The van der Waals surface area contributed by atoms with E-state index in [-0.39, 0.29) is 47.9 Å². The first-order valence-corrected chi connectivity index (χ1v) is 17.4. The molecule has 0 N–H and O–H groups in total. The largest absolute Gasteiger partial charge is 0.490 e. The van der Waals surface area contributed by atoms with Crippen molar-refractivity contribution in [1.82, 2.24) is 0 Å². The summed E-state index contributed by atoms with van der Waals surface area (Å²) in [5.74, 6) is -0.272. The second kappa shape index (κ2) is 11.5. The number of hydrogen-bond acceptors (Lipinski definition) is 7. The predicted octanol–water partition coefficient (Wildman–Crippen LogP) is 7.00. The average molecular weight is 653 g/mol. The Labute approximate surface area is 284 Å². The van der Waals surface area contributed by atoms with Crippen molar-refractivity contribution in [3.8, 4) is 22.6 Å². The van der Waals surface area contributed by atoms with Gasteiger partial charge in [0.25, 0.3) is 0 Å². The SMILES string of the molecule is O=C1CC(=O)C2CC(Oc3ccc(C4(c5ccc(OC6CCC7C(=O)OC(=O)C7C6)cc5)c5ccccc5-c5ccccc54)cc3)CCC12. The summed E-state index contributed by atoms with van der Waals surface area (Å²) >= 11 is 0. The van der Waals surface area contributed by atoms with Crippen LogP contribution >= 0.6 is 0 Å². The third kappa shape index (κ3) is 4.77. The molecule has 6 atom stereocenters. The maximum Gasteiger partial charge on any atom is 0.317 e. The first kappa shape index (κ1) is 30.1. The molecule has 4 aromatic carbocycles. The van der Waals surface area contributed by atoms with Crippen molar-refractivity contribution in [2.45, 2.75) is 62.6 Å². The molecule has 3 saturated carbocycles. The molecule has 0 aromatic heterocycles. The highest BCUT2D eigenvalue weighted by molar-refractivity contribution is 6.08. The molecular weight excluding hydrogens is 616 g/mol. The fraction of sp³-hybridized carbons (Fsp3) is 0.333. The summed E-state index contributed by atoms with van der Waals surface area (Å²) in [5.41, 5.74) is 6.40. The lowest BCUT2D eigenvalue weighted by Gasteiger charge is -2.34. The van der Waals surface area contributed by atoms with Crippen molar-refractivity contribution in [2.24, 2.45) is 23.7 Å². The summed E-state index contributed by atoms with van der Waals surface area (Å²) in [6.45, 7) is 0. The molecule has 1 saturated heterocycles. The summed E-state index contributed by atoms with van der Waals surface area (Å²) in [7, 11) is 0. The minimum Gasteiger partial charge on any atom is -0.490 e. The molecule has 4 fully saturated rings. The fourth-order valence-corrected chi connectivity index (χ4v) is 9.42. The van der Waals surface area contributed by atoms with Crippen LogP contribution in [0.1, 0.15) is 67.2 Å². The molecule has 1 heterocycles. The number of fused-ring (bicyclic) bond motifs is 5. The Hall–Kier alpha value is -5.04. The standard InChI is InChI=1S/C42H36O7/c43-38-23-39(44)34-21-28(17-19-32(34)38)47-26-13-9-24(10-14-26)42(36-7-3-1-5-30(36)31-6-2-4-8-37(31)42)25-11-15-27(16-12-25)48-29-18-20-33-35(22-29)41(46)49-40(33)45/h1-16,28-29,32-35H,17-23H2. The zero-order valence-electron chi connectivity index (χ0n) is 27.0. The van der Waals surface area contributed by atoms with Crippen LogP contribution in [0.4, 0.5) is 0 Å². The number of hydrogen-bond donors (Lipinski definition) is 0. The minimum atomic E-state index is -0.592. The van der Waals surface area contributed by atoms with Crippen LogP contribution in [0.15, 0.2) is 97.1 Å². The van der Waals surface area contributed by atoms with E-state index >= 15 is 0 Å². The molecule has 6 unspecified atom stereocenters. The number of esters is 2. The molecule has 0 amide bonds. The van der Waals surface area contributed by atoms with Gasteiger partial charge in [-0.25, -0.2) is 0 Å². The third-order valence-corrected chi connectivity index (χ3v) is 11.7. The Kier molecular flexibility index (Phi) is 7.08. The number of rotatable bonds is 6. The minimum absolute atomic E-state index is 0.0676. The molecule has 5 aliphatic rings. The number of Topliss-reactive ketones (excluding diaryl/α,β-unsaturated/α-hetero) is 2. The maximum atomic E-state index is 12.5. The van der Waals surface area contributed by atoms with E-state index in [1.807, 2.05) is 24.3 Å². The molecule has 246 valence electrons. The van der Waals surface area contributed by atoms with Crippen LogP contribution in [0, 0.1) is 23.7 Å². The van der Waals surface area contributed by atoms with Gasteiger partial charge in [-0.3, -0.25) is 19.2 Å². The van der Waals surface area contributed by atoms with Gasteiger partial charge in [-0.2, -0.15) is 0 Å². The third-order valence-electron chi connectivity index (χ3n) is 11.7. The van der Waals surface area contributed by atoms with Crippen LogP contribution in [-0.2, 0) is 29.3 Å². The Morgan fingerprint density at radius 2 is 0.980 bits per heavy atom. The van der Waals surface area contributed by atoms with Crippen molar-refractivity contribution in [3.63, 3.8) is 0 Å². The van der Waals surface area contributed by atoms with Gasteiger partial charge >= 0.3 is 11.9 Å². The van der Waals surface area contributed by atoms with E-state index in [1.54, 1.807) is 0 Å². The van der Waals surface area contributed by atoms with E-state index in [0.717, 1.165) is 29.0 Å². The number of cyclic esters (lactones) is 2. The van der Waals surface area contributed by atoms with Gasteiger partial charge < -0.3 is 14.2 Å². The lowest BCUT2D eigenvalue weighted by molar-refractivity contribution is -0.153. The van der Waals surface area contributed by atoms with E-state index in [4.69, 9.17) is 14.2 Å². The maximum absolute atomic E-state index is 12.5. The van der Waals surface area contributed by atoms with Gasteiger partial charge in [0.2, 0.25) is 0 Å². The van der Waals surface area contributed by atoms with E-state index in [1.165, 1.54) is 22.3 Å². The van der Waals surface area contributed by atoms with Crippen LogP contribution in [0.2, 0.25) is 0 Å². The lowest BCUT2D eigenvalue weighted by atomic mass is 9.67. The van der Waals surface area contributed by atoms with Crippen LogP contribution in [0.5, 0.6) is 11.5 Å². The quantitative estimate of drug-likeness (QED) is 0.144. The molecule has 0 spiro atoms. The number of ketones is 2. The number of carbonyl (C=O) groups excluding carboxylic acids is 4. The second-order valence-electron chi connectivity index (χ2n) is 14.3. The Balaban J connectivity index is 1.03. The van der Waals surface area contributed by atoms with Gasteiger partial charge in [-0.1, -0.05) is 72.8 Å². The van der Waals surface area contributed by atoms with Gasteiger partial charge in [0.15, 0.2) is 0 Å². The number of carbonyl (C=O) groups is 4. The van der Waals surface area contributed by atoms with Crippen LogP contribution in [0.3, 0.4) is 0 Å². The molecule has 4 aliphatic carbocycles. The van der Waals surface area contributed by atoms with Crippen LogP contribution in [-0.4, -0.2) is 35.7 Å². The van der Waals surface area contributed by atoms with E-state index < -0.39 is 23.3 Å². The summed E-state index contributed by atoms with van der Waals surface area (Å²) < 4.78 is 17.7. The summed E-state index contributed by atoms with van der Waals surface area (Å²) in [6, 6.07) is 33.8. The number of ether oxygens (including phenoxy) is 3. The molecule has 0 radical (unpaired) electrons. The molecule has 7 heteroatoms. The van der Waals surface area contributed by atoms with Gasteiger partial charge in [-0.15, -0.1) is 0 Å². The average Bonchev–Trinajstić information content (AvgIpc) is 3.70. The van der Waals surface area contributed by atoms with Crippen LogP contribution < -0.4 is 9.47 Å². The Morgan fingerprint density at radius 3 is 1.55 bits per heavy atom. The molecule has 4 aromatic rings. The molecule has 7 nitrogen and oxygen atoms in total. The molecule has 0 bridgehead atoms. The van der Waals surface area contributed by atoms with Gasteiger partial charge in [-0.05, 0) is 96.2 Å². The Bertz CT molecular complexity index is 1850. The highest BCUT2D eigenvalue weighted by Crippen LogP contribution is 2.56. The van der Waals surface area contributed by atoms with Gasteiger partial charge in [0, 0.05) is 11.8 Å². The molecule has 49 heavy (non-hydrogen) atoms. The monoisotopic (exact) mass is 652 g/mol. The fourth-order valence-electron chi connectivity index (χ4n) is 9.42. The smallest absolute Gasteiger partial charge is 0.317 e. The van der Waals surface area contributed by atoms with E-state index in [0.29, 0.717) is 32.1 Å². The molecule has 9 rings (SSSR count). The van der Waals surface area contributed by atoms with E-state index in [2.05, 4.69) is 72.8 Å². The molecule has 1 aliphatic heterocycles. The highest BCUT2D eigenvalue weighted by Gasteiger charge is 2.49.